The first-order chi connectivity index (χ1) is 11.7. The SMILES string of the molecule is O=C(O)C1CCCN(C(c2ccsc2)c2nc3ccccc3s2)C1. The normalized spacial score (nSPS) is 20.2. The van der Waals surface area contributed by atoms with E-state index >= 15 is 0 Å². The molecule has 124 valence electrons. The molecule has 1 saturated heterocycles. The van der Waals surface area contributed by atoms with Gasteiger partial charge in [0.25, 0.3) is 0 Å². The summed E-state index contributed by atoms with van der Waals surface area (Å²) in [4.78, 5) is 18.6. The number of hydrogen-bond acceptors (Lipinski definition) is 5. The number of aromatic nitrogens is 1. The molecule has 0 spiro atoms. The molecule has 1 aromatic carbocycles. The summed E-state index contributed by atoms with van der Waals surface area (Å²) in [6.07, 6.45) is 1.69. The number of thiazole rings is 1. The van der Waals surface area contributed by atoms with Crippen molar-refractivity contribution >= 4 is 38.9 Å². The van der Waals surface area contributed by atoms with Crippen LogP contribution in [-0.2, 0) is 4.79 Å². The van der Waals surface area contributed by atoms with Crippen molar-refractivity contribution < 1.29 is 9.90 Å². The van der Waals surface area contributed by atoms with E-state index < -0.39 is 5.97 Å². The van der Waals surface area contributed by atoms with E-state index in [1.807, 2.05) is 18.2 Å². The quantitative estimate of drug-likeness (QED) is 0.758. The van der Waals surface area contributed by atoms with E-state index in [9.17, 15) is 9.90 Å². The molecule has 2 unspecified atom stereocenters. The summed E-state index contributed by atoms with van der Waals surface area (Å²) >= 11 is 3.39. The molecule has 0 radical (unpaired) electrons. The van der Waals surface area contributed by atoms with Crippen LogP contribution in [0.1, 0.15) is 29.5 Å². The Bertz CT molecular complexity index is 811. The molecule has 0 bridgehead atoms. The van der Waals surface area contributed by atoms with E-state index in [-0.39, 0.29) is 12.0 Å². The monoisotopic (exact) mass is 358 g/mol. The van der Waals surface area contributed by atoms with Gasteiger partial charge in [-0.2, -0.15) is 11.3 Å². The van der Waals surface area contributed by atoms with E-state index in [1.54, 1.807) is 22.7 Å². The minimum Gasteiger partial charge on any atom is -0.481 e. The molecule has 3 aromatic rings. The number of carboxylic acid groups (broad SMARTS) is 1. The van der Waals surface area contributed by atoms with Crippen LogP contribution in [0.25, 0.3) is 10.2 Å². The first-order valence-electron chi connectivity index (χ1n) is 8.07. The number of piperidine rings is 1. The van der Waals surface area contributed by atoms with Crippen LogP contribution in [-0.4, -0.2) is 34.0 Å². The number of thiophene rings is 1. The molecule has 4 nitrogen and oxygen atoms in total. The van der Waals surface area contributed by atoms with Crippen molar-refractivity contribution in [2.45, 2.75) is 18.9 Å². The molecule has 1 aliphatic rings. The number of rotatable bonds is 4. The predicted molar refractivity (Wildman–Crippen MR) is 97.7 cm³/mol. The lowest BCUT2D eigenvalue weighted by atomic mass is 9.95. The summed E-state index contributed by atoms with van der Waals surface area (Å²) < 4.78 is 1.18. The molecule has 1 N–H and O–H groups in total. The Morgan fingerprint density at radius 1 is 1.33 bits per heavy atom. The maximum atomic E-state index is 11.4. The maximum absolute atomic E-state index is 11.4. The number of fused-ring (bicyclic) bond motifs is 1. The Kier molecular flexibility index (Phi) is 4.35. The van der Waals surface area contributed by atoms with Gasteiger partial charge in [-0.3, -0.25) is 9.69 Å². The first-order valence-corrected chi connectivity index (χ1v) is 9.83. The third-order valence-corrected chi connectivity index (χ3v) is 6.36. The van der Waals surface area contributed by atoms with Crippen LogP contribution in [0.2, 0.25) is 0 Å². The molecule has 3 heterocycles. The molecule has 2 aromatic heterocycles. The van der Waals surface area contributed by atoms with Crippen LogP contribution < -0.4 is 0 Å². The third kappa shape index (κ3) is 2.97. The Morgan fingerprint density at radius 2 is 2.21 bits per heavy atom. The summed E-state index contributed by atoms with van der Waals surface area (Å²) in [5.41, 5.74) is 2.23. The van der Waals surface area contributed by atoms with E-state index in [4.69, 9.17) is 4.98 Å². The molecule has 1 fully saturated rings. The first kappa shape index (κ1) is 15.7. The summed E-state index contributed by atoms with van der Waals surface area (Å²) in [6, 6.07) is 10.4. The molecule has 0 amide bonds. The highest BCUT2D eigenvalue weighted by molar-refractivity contribution is 7.18. The number of aliphatic carboxylic acids is 1. The number of nitrogens with zero attached hydrogens (tertiary/aromatic N) is 2. The zero-order chi connectivity index (χ0) is 16.5. The second-order valence-corrected chi connectivity index (χ2v) is 7.99. The Hall–Kier alpha value is -1.76. The van der Waals surface area contributed by atoms with Gasteiger partial charge in [0.15, 0.2) is 0 Å². The number of carboxylic acids is 1. The van der Waals surface area contributed by atoms with Crippen molar-refractivity contribution in [1.29, 1.82) is 0 Å². The number of para-hydroxylation sites is 1. The molecule has 4 rings (SSSR count). The maximum Gasteiger partial charge on any atom is 0.307 e. The number of likely N-dealkylation sites (tertiary alicyclic amines) is 1. The molecule has 2 atom stereocenters. The predicted octanol–water partition coefficient (Wildman–Crippen LogP) is 4.24. The standard InChI is InChI=1S/C18H18N2O2S2/c21-18(22)12-4-3-8-20(10-12)16(13-7-9-23-11-13)17-19-14-5-1-2-6-15(14)24-17/h1-2,5-7,9,11-12,16H,3-4,8,10H2,(H,21,22). The minimum absolute atomic E-state index is 0.0517. The molecular weight excluding hydrogens is 340 g/mol. The van der Waals surface area contributed by atoms with Crippen molar-refractivity contribution in [1.82, 2.24) is 9.88 Å². The van der Waals surface area contributed by atoms with E-state index in [2.05, 4.69) is 27.8 Å². The molecule has 24 heavy (non-hydrogen) atoms. The second kappa shape index (κ2) is 6.63. The summed E-state index contributed by atoms with van der Waals surface area (Å²) in [5, 5.41) is 14.7. The molecular formula is C18H18N2O2S2. The van der Waals surface area contributed by atoms with E-state index in [0.717, 1.165) is 29.9 Å². The third-order valence-electron chi connectivity index (χ3n) is 4.57. The van der Waals surface area contributed by atoms with Crippen molar-refractivity contribution in [3.8, 4) is 0 Å². The van der Waals surface area contributed by atoms with Crippen LogP contribution >= 0.6 is 22.7 Å². The summed E-state index contributed by atoms with van der Waals surface area (Å²) in [6.45, 7) is 1.51. The van der Waals surface area contributed by atoms with E-state index in [0.29, 0.717) is 6.54 Å². The van der Waals surface area contributed by atoms with Gasteiger partial charge in [0.05, 0.1) is 22.2 Å². The van der Waals surface area contributed by atoms with Crippen molar-refractivity contribution in [2.75, 3.05) is 13.1 Å². The average Bonchev–Trinajstić information content (AvgIpc) is 3.25. The highest BCUT2D eigenvalue weighted by atomic mass is 32.1. The zero-order valence-corrected chi connectivity index (χ0v) is 14.7. The van der Waals surface area contributed by atoms with Gasteiger partial charge < -0.3 is 5.11 Å². The topological polar surface area (TPSA) is 53.4 Å². The Labute approximate surface area is 148 Å². The lowest BCUT2D eigenvalue weighted by molar-refractivity contribution is -0.143. The highest BCUT2D eigenvalue weighted by Gasteiger charge is 2.33. The lowest BCUT2D eigenvalue weighted by Gasteiger charge is -2.35. The second-order valence-electron chi connectivity index (χ2n) is 6.15. The summed E-state index contributed by atoms with van der Waals surface area (Å²) in [7, 11) is 0. The van der Waals surface area contributed by atoms with E-state index in [1.165, 1.54) is 10.3 Å². The van der Waals surface area contributed by atoms with Crippen LogP contribution in [0.4, 0.5) is 0 Å². The Balaban J connectivity index is 1.73. The fourth-order valence-electron chi connectivity index (χ4n) is 3.39. The minimum atomic E-state index is -0.687. The highest BCUT2D eigenvalue weighted by Crippen LogP contribution is 2.37. The van der Waals surface area contributed by atoms with Gasteiger partial charge in [-0.15, -0.1) is 11.3 Å². The van der Waals surface area contributed by atoms with Crippen LogP contribution in [0.15, 0.2) is 41.1 Å². The smallest absolute Gasteiger partial charge is 0.307 e. The largest absolute Gasteiger partial charge is 0.481 e. The molecule has 1 aliphatic heterocycles. The zero-order valence-electron chi connectivity index (χ0n) is 13.1. The van der Waals surface area contributed by atoms with Gasteiger partial charge in [-0.25, -0.2) is 4.98 Å². The van der Waals surface area contributed by atoms with Gasteiger partial charge >= 0.3 is 5.97 Å². The van der Waals surface area contributed by atoms with Gasteiger partial charge in [0, 0.05) is 6.54 Å². The molecule has 6 heteroatoms. The van der Waals surface area contributed by atoms with Gasteiger partial charge in [-0.1, -0.05) is 12.1 Å². The van der Waals surface area contributed by atoms with Crippen molar-refractivity contribution in [3.05, 3.63) is 51.7 Å². The Morgan fingerprint density at radius 3 is 2.96 bits per heavy atom. The number of carbonyl (C=O) groups is 1. The average molecular weight is 358 g/mol. The van der Waals surface area contributed by atoms with Crippen molar-refractivity contribution in [2.24, 2.45) is 5.92 Å². The van der Waals surface area contributed by atoms with Crippen LogP contribution in [0.5, 0.6) is 0 Å². The summed E-state index contributed by atoms with van der Waals surface area (Å²) in [5.74, 6) is -0.970. The van der Waals surface area contributed by atoms with Crippen LogP contribution in [0, 0.1) is 5.92 Å². The molecule has 0 aliphatic carbocycles. The molecule has 0 saturated carbocycles. The van der Waals surface area contributed by atoms with Gasteiger partial charge in [0.1, 0.15) is 5.01 Å². The van der Waals surface area contributed by atoms with Gasteiger partial charge in [-0.05, 0) is 53.9 Å². The fourth-order valence-corrected chi connectivity index (χ4v) is 5.20. The van der Waals surface area contributed by atoms with Gasteiger partial charge in [0.2, 0.25) is 0 Å². The van der Waals surface area contributed by atoms with Crippen molar-refractivity contribution in [3.63, 3.8) is 0 Å². The number of benzene rings is 1. The fraction of sp³-hybridized carbons (Fsp3) is 0.333. The van der Waals surface area contributed by atoms with Crippen LogP contribution in [0.3, 0.4) is 0 Å². The number of hydrogen-bond donors (Lipinski definition) is 1. The lowest BCUT2D eigenvalue weighted by Crippen LogP contribution is -2.41.